The molecule has 0 aliphatic carbocycles. The molecular weight excluding hydrogens is 277 g/mol. The highest BCUT2D eigenvalue weighted by molar-refractivity contribution is 5.29. The molecule has 0 aromatic carbocycles. The van der Waals surface area contributed by atoms with Crippen molar-refractivity contribution in [3.8, 4) is 5.88 Å². The zero-order valence-corrected chi connectivity index (χ0v) is 11.1. The van der Waals surface area contributed by atoms with Gasteiger partial charge in [-0.2, -0.15) is 13.2 Å². The third-order valence-electron chi connectivity index (χ3n) is 2.35. The Morgan fingerprint density at radius 2 is 1.85 bits per heavy atom. The van der Waals surface area contributed by atoms with E-state index in [0.717, 1.165) is 6.07 Å². The molecule has 20 heavy (non-hydrogen) atoms. The highest BCUT2D eigenvalue weighted by Crippen LogP contribution is 2.30. The summed E-state index contributed by atoms with van der Waals surface area (Å²) in [5.74, 6) is -0.113. The maximum absolute atomic E-state index is 12.5. The molecule has 0 spiro atoms. The maximum atomic E-state index is 12.5. The van der Waals surface area contributed by atoms with Crippen LogP contribution in [0.25, 0.3) is 0 Å². The molecule has 2 N–H and O–H groups in total. The molecule has 5 nitrogen and oxygen atoms in total. The van der Waals surface area contributed by atoms with Crippen LogP contribution in [0.3, 0.4) is 0 Å². The van der Waals surface area contributed by atoms with Crippen LogP contribution in [0.2, 0.25) is 0 Å². The summed E-state index contributed by atoms with van der Waals surface area (Å²) < 4.78 is 52.7. The molecular formula is C12H17F3N2O3. The molecule has 0 aliphatic heterocycles. The molecule has 0 fully saturated rings. The van der Waals surface area contributed by atoms with Crippen molar-refractivity contribution in [2.24, 2.45) is 5.73 Å². The summed E-state index contributed by atoms with van der Waals surface area (Å²) in [5.41, 5.74) is 4.83. The molecule has 0 amide bonds. The number of pyridine rings is 1. The molecule has 1 aromatic rings. The summed E-state index contributed by atoms with van der Waals surface area (Å²) in [6.45, 7) is 1.19. The summed E-state index contributed by atoms with van der Waals surface area (Å²) in [6.07, 6.45) is -4.51. The molecule has 0 radical (unpaired) electrons. The van der Waals surface area contributed by atoms with Gasteiger partial charge in [0.25, 0.3) is 0 Å². The number of hydrogen-bond donors (Lipinski definition) is 1. The van der Waals surface area contributed by atoms with Gasteiger partial charge in [-0.15, -0.1) is 0 Å². The third-order valence-corrected chi connectivity index (χ3v) is 2.35. The first-order valence-corrected chi connectivity index (χ1v) is 5.95. The maximum Gasteiger partial charge on any atom is 0.433 e. The highest BCUT2D eigenvalue weighted by atomic mass is 19.4. The number of methoxy groups -OCH3 is 1. The molecule has 8 heteroatoms. The average Bonchev–Trinajstić information content (AvgIpc) is 2.41. The first-order valence-electron chi connectivity index (χ1n) is 5.95. The minimum Gasteiger partial charge on any atom is -0.475 e. The minimum atomic E-state index is -4.51. The molecule has 114 valence electrons. The standard InChI is InChI=1S/C12H17F3N2O3/c1-18-4-5-19-6-7-20-11-9(8-16)2-3-10(17-11)12(13,14)15/h2-3H,4-8,16H2,1H3. The van der Waals surface area contributed by atoms with Gasteiger partial charge in [-0.05, 0) is 6.07 Å². The van der Waals surface area contributed by atoms with Crippen molar-refractivity contribution < 1.29 is 27.4 Å². The summed E-state index contributed by atoms with van der Waals surface area (Å²) in [5, 5.41) is 0. The molecule has 1 aromatic heterocycles. The predicted octanol–water partition coefficient (Wildman–Crippen LogP) is 1.60. The molecule has 1 heterocycles. The Morgan fingerprint density at radius 1 is 1.15 bits per heavy atom. The zero-order chi connectivity index (χ0) is 15.0. The van der Waals surface area contributed by atoms with Crippen molar-refractivity contribution in [1.82, 2.24) is 4.98 Å². The van der Waals surface area contributed by atoms with E-state index in [-0.39, 0.29) is 25.6 Å². The van der Waals surface area contributed by atoms with Gasteiger partial charge in [0.05, 0.1) is 19.8 Å². The summed E-state index contributed by atoms with van der Waals surface area (Å²) >= 11 is 0. The van der Waals surface area contributed by atoms with Crippen LogP contribution in [0.4, 0.5) is 13.2 Å². The van der Waals surface area contributed by atoms with Crippen molar-refractivity contribution >= 4 is 0 Å². The number of nitrogens with zero attached hydrogens (tertiary/aromatic N) is 1. The summed E-state index contributed by atoms with van der Waals surface area (Å²) in [6, 6.07) is 2.14. The van der Waals surface area contributed by atoms with Crippen LogP contribution < -0.4 is 10.5 Å². The molecule has 0 atom stereocenters. The van der Waals surface area contributed by atoms with Gasteiger partial charge in [0.15, 0.2) is 0 Å². The number of aromatic nitrogens is 1. The van der Waals surface area contributed by atoms with Gasteiger partial charge < -0.3 is 19.9 Å². The van der Waals surface area contributed by atoms with Crippen LogP contribution in [0, 0.1) is 0 Å². The fourth-order valence-electron chi connectivity index (χ4n) is 1.35. The van der Waals surface area contributed by atoms with Crippen LogP contribution in [0.5, 0.6) is 5.88 Å². The van der Waals surface area contributed by atoms with Crippen LogP contribution in [-0.4, -0.2) is 38.5 Å². The van der Waals surface area contributed by atoms with Gasteiger partial charge >= 0.3 is 6.18 Å². The van der Waals surface area contributed by atoms with Gasteiger partial charge in [0.2, 0.25) is 5.88 Å². The van der Waals surface area contributed by atoms with Crippen molar-refractivity contribution in [2.75, 3.05) is 33.5 Å². The average molecular weight is 294 g/mol. The minimum absolute atomic E-state index is 0.0466. The van der Waals surface area contributed by atoms with E-state index in [9.17, 15) is 13.2 Å². The third kappa shape index (κ3) is 5.32. The molecule has 0 unspecified atom stereocenters. The fraction of sp³-hybridized carbons (Fsp3) is 0.583. The predicted molar refractivity (Wildman–Crippen MR) is 65.3 cm³/mol. The monoisotopic (exact) mass is 294 g/mol. The quantitative estimate of drug-likeness (QED) is 0.738. The Balaban J connectivity index is 2.58. The van der Waals surface area contributed by atoms with E-state index in [2.05, 4.69) is 4.98 Å². The van der Waals surface area contributed by atoms with Crippen LogP contribution in [-0.2, 0) is 22.2 Å². The van der Waals surface area contributed by atoms with Gasteiger partial charge in [0, 0.05) is 19.2 Å². The first kappa shape index (κ1) is 16.7. The van der Waals surface area contributed by atoms with Gasteiger partial charge in [-0.25, -0.2) is 4.98 Å². The Labute approximate surface area is 114 Å². The van der Waals surface area contributed by atoms with E-state index in [1.54, 1.807) is 7.11 Å². The van der Waals surface area contributed by atoms with E-state index in [1.165, 1.54) is 6.07 Å². The van der Waals surface area contributed by atoms with Gasteiger partial charge in [-0.1, -0.05) is 6.07 Å². The fourth-order valence-corrected chi connectivity index (χ4v) is 1.35. The number of ether oxygens (including phenoxy) is 3. The number of nitrogens with two attached hydrogens (primary N) is 1. The Hall–Kier alpha value is -1.38. The largest absolute Gasteiger partial charge is 0.475 e. The van der Waals surface area contributed by atoms with Crippen LogP contribution >= 0.6 is 0 Å². The van der Waals surface area contributed by atoms with E-state index < -0.39 is 11.9 Å². The number of rotatable bonds is 8. The van der Waals surface area contributed by atoms with E-state index in [4.69, 9.17) is 19.9 Å². The van der Waals surface area contributed by atoms with Gasteiger partial charge in [-0.3, -0.25) is 0 Å². The Bertz CT molecular complexity index is 413. The van der Waals surface area contributed by atoms with E-state index >= 15 is 0 Å². The van der Waals surface area contributed by atoms with Gasteiger partial charge in [0.1, 0.15) is 12.3 Å². The zero-order valence-electron chi connectivity index (χ0n) is 11.1. The second kappa shape index (κ2) is 8.03. The lowest BCUT2D eigenvalue weighted by Crippen LogP contribution is -2.15. The smallest absolute Gasteiger partial charge is 0.433 e. The number of hydrogen-bond acceptors (Lipinski definition) is 5. The topological polar surface area (TPSA) is 66.6 Å². The van der Waals surface area contributed by atoms with Crippen molar-refractivity contribution in [3.63, 3.8) is 0 Å². The molecule has 0 saturated heterocycles. The lowest BCUT2D eigenvalue weighted by Gasteiger charge is -2.12. The van der Waals surface area contributed by atoms with E-state index in [0.29, 0.717) is 18.8 Å². The van der Waals surface area contributed by atoms with E-state index in [1.807, 2.05) is 0 Å². The van der Waals surface area contributed by atoms with Crippen LogP contribution in [0.15, 0.2) is 12.1 Å². The molecule has 1 rings (SSSR count). The SMILES string of the molecule is COCCOCCOc1nc(C(F)(F)F)ccc1CN. The molecule has 0 bridgehead atoms. The Kier molecular flexibility index (Phi) is 6.69. The van der Waals surface area contributed by atoms with Crippen molar-refractivity contribution in [1.29, 1.82) is 0 Å². The second-order valence-corrected chi connectivity index (χ2v) is 3.82. The number of halogens is 3. The van der Waals surface area contributed by atoms with Crippen molar-refractivity contribution in [3.05, 3.63) is 23.4 Å². The molecule has 0 aliphatic rings. The summed E-state index contributed by atoms with van der Waals surface area (Å²) in [7, 11) is 1.54. The second-order valence-electron chi connectivity index (χ2n) is 3.82. The lowest BCUT2D eigenvalue weighted by atomic mass is 10.2. The highest BCUT2D eigenvalue weighted by Gasteiger charge is 2.33. The molecule has 0 saturated carbocycles. The lowest BCUT2D eigenvalue weighted by molar-refractivity contribution is -0.141. The Morgan fingerprint density at radius 3 is 2.45 bits per heavy atom. The normalized spacial score (nSPS) is 11.7. The summed E-state index contributed by atoms with van der Waals surface area (Å²) in [4.78, 5) is 3.44. The van der Waals surface area contributed by atoms with Crippen molar-refractivity contribution in [2.45, 2.75) is 12.7 Å². The first-order chi connectivity index (χ1) is 9.49. The number of alkyl halides is 3. The van der Waals surface area contributed by atoms with Crippen LogP contribution in [0.1, 0.15) is 11.3 Å².